The molecule has 1 aromatic carbocycles. The molecule has 0 bridgehead atoms. The fourth-order valence-corrected chi connectivity index (χ4v) is 3.29. The summed E-state index contributed by atoms with van der Waals surface area (Å²) in [4.78, 5) is 26.5. The summed E-state index contributed by atoms with van der Waals surface area (Å²) in [5.41, 5.74) is 1.93. The largest absolute Gasteiger partial charge is 0.419 e. The monoisotopic (exact) mass is 343 g/mol. The Morgan fingerprint density at radius 1 is 1.12 bits per heavy atom. The molecule has 5 nitrogen and oxygen atoms in total. The van der Waals surface area contributed by atoms with Crippen LogP contribution in [0.1, 0.15) is 51.2 Å². The number of esters is 2. The third-order valence-corrected chi connectivity index (χ3v) is 4.73. The number of piperidine rings is 1. The van der Waals surface area contributed by atoms with E-state index in [4.69, 9.17) is 9.47 Å². The first kappa shape index (κ1) is 17.7. The molecule has 2 aliphatic heterocycles. The summed E-state index contributed by atoms with van der Waals surface area (Å²) < 4.78 is 10.2. The van der Waals surface area contributed by atoms with Gasteiger partial charge in [0, 0.05) is 26.4 Å². The van der Waals surface area contributed by atoms with E-state index in [1.54, 1.807) is 0 Å². The van der Waals surface area contributed by atoms with E-state index in [0.29, 0.717) is 6.04 Å². The van der Waals surface area contributed by atoms with Gasteiger partial charge in [-0.15, -0.1) is 0 Å². The topological polar surface area (TPSA) is 55.8 Å². The van der Waals surface area contributed by atoms with Crippen LogP contribution in [0.3, 0.4) is 0 Å². The Morgan fingerprint density at radius 2 is 1.76 bits per heavy atom. The van der Waals surface area contributed by atoms with Gasteiger partial charge in [-0.2, -0.15) is 0 Å². The molecule has 0 aliphatic carbocycles. The highest BCUT2D eigenvalue weighted by Gasteiger charge is 2.38. The lowest BCUT2D eigenvalue weighted by molar-refractivity contribution is -0.222. The molecule has 5 heteroatoms. The van der Waals surface area contributed by atoms with Crippen LogP contribution in [0.15, 0.2) is 29.8 Å². The van der Waals surface area contributed by atoms with Crippen molar-refractivity contribution in [2.45, 2.75) is 58.4 Å². The van der Waals surface area contributed by atoms with Crippen LogP contribution < -0.4 is 0 Å². The summed E-state index contributed by atoms with van der Waals surface area (Å²) in [5, 5.41) is 0. The second-order valence-electron chi connectivity index (χ2n) is 7.29. The van der Waals surface area contributed by atoms with E-state index in [0.717, 1.165) is 18.7 Å². The van der Waals surface area contributed by atoms with Crippen molar-refractivity contribution in [1.29, 1.82) is 0 Å². The Kier molecular flexibility index (Phi) is 4.95. The first-order valence-electron chi connectivity index (χ1n) is 8.85. The number of carbonyl (C=O) groups excluding carboxylic acids is 2. The number of rotatable bonds is 3. The maximum Gasteiger partial charge on any atom is 0.348 e. The van der Waals surface area contributed by atoms with Gasteiger partial charge in [-0.05, 0) is 43.5 Å². The van der Waals surface area contributed by atoms with E-state index < -0.39 is 17.7 Å². The average molecular weight is 343 g/mol. The van der Waals surface area contributed by atoms with Crippen LogP contribution in [-0.4, -0.2) is 35.2 Å². The van der Waals surface area contributed by atoms with Gasteiger partial charge in [-0.3, -0.25) is 4.90 Å². The summed E-state index contributed by atoms with van der Waals surface area (Å²) >= 11 is 0. The lowest BCUT2D eigenvalue weighted by atomic mass is 10.0. The fraction of sp³-hybridized carbons (Fsp3) is 0.500. The van der Waals surface area contributed by atoms with Crippen molar-refractivity contribution < 1.29 is 19.1 Å². The lowest BCUT2D eigenvalue weighted by Crippen LogP contribution is -2.41. The minimum Gasteiger partial charge on any atom is -0.419 e. The van der Waals surface area contributed by atoms with E-state index in [1.807, 2.05) is 24.3 Å². The Hall–Kier alpha value is -2.14. The molecule has 1 atom stereocenters. The molecule has 2 fully saturated rings. The third-order valence-electron chi connectivity index (χ3n) is 4.73. The quantitative estimate of drug-likeness (QED) is 0.479. The fourth-order valence-electron chi connectivity index (χ4n) is 3.29. The van der Waals surface area contributed by atoms with Gasteiger partial charge in [0.15, 0.2) is 0 Å². The molecule has 0 saturated carbocycles. The van der Waals surface area contributed by atoms with Crippen LogP contribution in [0.25, 0.3) is 6.08 Å². The molecular formula is C20H25NO4. The summed E-state index contributed by atoms with van der Waals surface area (Å²) in [7, 11) is 0. The molecule has 0 aromatic heterocycles. The Bertz CT molecular complexity index is 668. The molecule has 25 heavy (non-hydrogen) atoms. The molecule has 2 aliphatic rings. The Morgan fingerprint density at radius 3 is 2.36 bits per heavy atom. The molecule has 2 heterocycles. The standard InChI is InChI=1S/C20H25NO4/c1-14-6-4-5-11-21(14)13-16-9-7-15(8-10-16)12-17-18(22)24-20(2,3)25-19(17)23/h7-10,12,14H,4-6,11,13H2,1-3H3. The van der Waals surface area contributed by atoms with Crippen LogP contribution >= 0.6 is 0 Å². The zero-order valence-electron chi connectivity index (χ0n) is 15.1. The highest BCUT2D eigenvalue weighted by Crippen LogP contribution is 2.24. The second kappa shape index (κ2) is 7.00. The molecule has 0 N–H and O–H groups in total. The first-order valence-corrected chi connectivity index (χ1v) is 8.85. The number of cyclic esters (lactones) is 2. The number of hydrogen-bond acceptors (Lipinski definition) is 5. The molecule has 0 spiro atoms. The van der Waals surface area contributed by atoms with E-state index in [-0.39, 0.29) is 5.57 Å². The molecule has 3 rings (SSSR count). The molecule has 1 aromatic rings. The smallest absolute Gasteiger partial charge is 0.348 e. The average Bonchev–Trinajstić information content (AvgIpc) is 2.54. The molecule has 134 valence electrons. The van der Waals surface area contributed by atoms with Gasteiger partial charge in [-0.25, -0.2) is 9.59 Å². The van der Waals surface area contributed by atoms with Gasteiger partial charge < -0.3 is 9.47 Å². The van der Waals surface area contributed by atoms with Crippen molar-refractivity contribution in [2.24, 2.45) is 0 Å². The Balaban J connectivity index is 1.70. The van der Waals surface area contributed by atoms with Gasteiger partial charge >= 0.3 is 11.9 Å². The zero-order chi connectivity index (χ0) is 18.0. The summed E-state index contributed by atoms with van der Waals surface area (Å²) in [6, 6.07) is 8.52. The second-order valence-corrected chi connectivity index (χ2v) is 7.29. The number of hydrogen-bond donors (Lipinski definition) is 0. The van der Waals surface area contributed by atoms with E-state index in [2.05, 4.69) is 11.8 Å². The summed E-state index contributed by atoms with van der Waals surface area (Å²) in [5.74, 6) is -2.50. The SMILES string of the molecule is CC1CCCCN1Cc1ccc(C=C2C(=O)OC(C)(C)OC2=O)cc1. The van der Waals surface area contributed by atoms with Gasteiger partial charge in [0.25, 0.3) is 5.79 Å². The van der Waals surface area contributed by atoms with Crippen molar-refractivity contribution in [3.8, 4) is 0 Å². The maximum atomic E-state index is 12.0. The molecular weight excluding hydrogens is 318 g/mol. The van der Waals surface area contributed by atoms with Gasteiger partial charge in [0.1, 0.15) is 5.57 Å². The van der Waals surface area contributed by atoms with Crippen molar-refractivity contribution in [3.63, 3.8) is 0 Å². The van der Waals surface area contributed by atoms with Crippen LogP contribution in [0.4, 0.5) is 0 Å². The van der Waals surface area contributed by atoms with Crippen LogP contribution in [0, 0.1) is 0 Å². The molecule has 0 radical (unpaired) electrons. The minimum atomic E-state index is -1.21. The van der Waals surface area contributed by atoms with Crippen molar-refractivity contribution in [2.75, 3.05) is 6.54 Å². The number of nitrogens with zero attached hydrogens (tertiary/aromatic N) is 1. The predicted molar refractivity (Wildman–Crippen MR) is 94.4 cm³/mol. The number of benzene rings is 1. The highest BCUT2D eigenvalue weighted by atomic mass is 16.7. The predicted octanol–water partition coefficient (Wildman–Crippen LogP) is 3.28. The van der Waals surface area contributed by atoms with Gasteiger partial charge in [0.2, 0.25) is 0 Å². The van der Waals surface area contributed by atoms with Gasteiger partial charge in [0.05, 0.1) is 0 Å². The van der Waals surface area contributed by atoms with Crippen LogP contribution in [0.2, 0.25) is 0 Å². The molecule has 1 unspecified atom stereocenters. The van der Waals surface area contributed by atoms with Crippen molar-refractivity contribution in [1.82, 2.24) is 4.90 Å². The van der Waals surface area contributed by atoms with E-state index >= 15 is 0 Å². The van der Waals surface area contributed by atoms with E-state index in [1.165, 1.54) is 44.7 Å². The molecule has 2 saturated heterocycles. The maximum absolute atomic E-state index is 12.0. The normalized spacial score (nSPS) is 23.8. The third kappa shape index (κ3) is 4.28. The number of ether oxygens (including phenoxy) is 2. The zero-order valence-corrected chi connectivity index (χ0v) is 15.1. The lowest BCUT2D eigenvalue weighted by Gasteiger charge is -2.33. The summed E-state index contributed by atoms with van der Waals surface area (Å²) in [6.07, 6.45) is 5.35. The van der Waals surface area contributed by atoms with E-state index in [9.17, 15) is 9.59 Å². The number of carbonyl (C=O) groups is 2. The van der Waals surface area contributed by atoms with Crippen molar-refractivity contribution >= 4 is 18.0 Å². The van der Waals surface area contributed by atoms with Gasteiger partial charge in [-0.1, -0.05) is 30.7 Å². The summed E-state index contributed by atoms with van der Waals surface area (Å²) in [6.45, 7) is 7.42. The number of likely N-dealkylation sites (tertiary alicyclic amines) is 1. The highest BCUT2D eigenvalue weighted by molar-refractivity contribution is 6.18. The minimum absolute atomic E-state index is 0.0725. The Labute approximate surface area is 148 Å². The van der Waals surface area contributed by atoms with Crippen molar-refractivity contribution in [3.05, 3.63) is 41.0 Å². The van der Waals surface area contributed by atoms with Crippen LogP contribution in [0.5, 0.6) is 0 Å². The van der Waals surface area contributed by atoms with Crippen LogP contribution in [-0.2, 0) is 25.6 Å². The molecule has 0 amide bonds. The first-order chi connectivity index (χ1) is 11.8.